The van der Waals surface area contributed by atoms with Gasteiger partial charge in [0.1, 0.15) is 0 Å². The summed E-state index contributed by atoms with van der Waals surface area (Å²) >= 11 is 1.16. The van der Waals surface area contributed by atoms with Gasteiger partial charge in [-0.25, -0.2) is 12.7 Å². The zero-order chi connectivity index (χ0) is 23.5. The molecule has 0 N–H and O–H groups in total. The van der Waals surface area contributed by atoms with Crippen molar-refractivity contribution in [1.82, 2.24) is 8.87 Å². The summed E-state index contributed by atoms with van der Waals surface area (Å²) < 4.78 is 33.3. The Labute approximate surface area is 188 Å². The number of carbonyl (C=O) groups excluding carboxylic acids is 1. The number of aromatic nitrogens is 1. The quantitative estimate of drug-likeness (QED) is 0.278. The molecule has 1 aromatic heterocycles. The van der Waals surface area contributed by atoms with Crippen LogP contribution in [0.3, 0.4) is 0 Å². The lowest BCUT2D eigenvalue weighted by atomic mass is 10.2. The Kier molecular flexibility index (Phi) is 7.19. The van der Waals surface area contributed by atoms with Crippen LogP contribution in [0.2, 0.25) is 0 Å². The van der Waals surface area contributed by atoms with Gasteiger partial charge in [0.05, 0.1) is 26.6 Å². The zero-order valence-electron chi connectivity index (χ0n) is 17.7. The molecule has 0 saturated heterocycles. The smallest absolute Gasteiger partial charge is 0.279 e. The summed E-state index contributed by atoms with van der Waals surface area (Å²) in [6.07, 6.45) is 0. The van der Waals surface area contributed by atoms with Crippen molar-refractivity contribution in [2.45, 2.75) is 18.4 Å². The van der Waals surface area contributed by atoms with Crippen LogP contribution in [-0.2, 0) is 21.3 Å². The van der Waals surface area contributed by atoms with E-state index in [0.717, 1.165) is 15.6 Å². The number of hydrogen-bond acceptors (Lipinski definition) is 7. The number of thiazole rings is 1. The molecule has 0 radical (unpaired) electrons. The molecule has 1 heterocycles. The Hall–Kier alpha value is -2.93. The van der Waals surface area contributed by atoms with E-state index in [-0.39, 0.29) is 16.1 Å². The zero-order valence-corrected chi connectivity index (χ0v) is 19.4. The van der Waals surface area contributed by atoms with Crippen molar-refractivity contribution in [1.29, 1.82) is 0 Å². The van der Waals surface area contributed by atoms with Crippen molar-refractivity contribution in [3.8, 4) is 0 Å². The first-order chi connectivity index (χ1) is 15.1. The standard InChI is InChI=1S/C20H22N4O6S2/c1-4-30-12-11-23-17-10-7-15(24(26)27)13-18(17)31-20(23)21-19(25)14-5-8-16(9-6-14)32(28,29)22(2)3/h5-10,13H,4,11-12H2,1-3H3. The lowest BCUT2D eigenvalue weighted by Crippen LogP contribution is -2.22. The number of non-ortho nitro benzene ring substituents is 1. The molecule has 0 atom stereocenters. The molecule has 3 aromatic rings. The Bertz CT molecular complexity index is 1320. The molecule has 1 amide bonds. The van der Waals surface area contributed by atoms with Gasteiger partial charge in [0.2, 0.25) is 10.0 Å². The van der Waals surface area contributed by atoms with Gasteiger partial charge in [0.15, 0.2) is 4.80 Å². The third-order valence-corrected chi connectivity index (χ3v) is 7.49. The van der Waals surface area contributed by atoms with Gasteiger partial charge in [-0.1, -0.05) is 11.3 Å². The number of amides is 1. The molecule has 0 saturated carbocycles. The number of nitro benzene ring substituents is 1. The van der Waals surface area contributed by atoms with Crippen LogP contribution in [0, 0.1) is 10.1 Å². The number of nitrogens with zero attached hydrogens (tertiary/aromatic N) is 4. The third kappa shape index (κ3) is 4.93. The lowest BCUT2D eigenvalue weighted by Gasteiger charge is -2.11. The van der Waals surface area contributed by atoms with E-state index in [4.69, 9.17) is 4.74 Å². The molecule has 0 aliphatic rings. The van der Waals surface area contributed by atoms with Crippen LogP contribution in [-0.4, -0.2) is 55.4 Å². The van der Waals surface area contributed by atoms with E-state index in [0.29, 0.717) is 34.8 Å². The van der Waals surface area contributed by atoms with Crippen LogP contribution in [0.4, 0.5) is 5.69 Å². The molecule has 32 heavy (non-hydrogen) atoms. The van der Waals surface area contributed by atoms with E-state index in [1.165, 1.54) is 50.5 Å². The van der Waals surface area contributed by atoms with Crippen molar-refractivity contribution in [3.05, 3.63) is 62.9 Å². The number of hydrogen-bond donors (Lipinski definition) is 0. The summed E-state index contributed by atoms with van der Waals surface area (Å²) in [6, 6.07) is 10.0. The highest BCUT2D eigenvalue weighted by atomic mass is 32.2. The topological polar surface area (TPSA) is 124 Å². The average molecular weight is 479 g/mol. The fraction of sp³-hybridized carbons (Fsp3) is 0.300. The van der Waals surface area contributed by atoms with Gasteiger partial charge in [0.25, 0.3) is 11.6 Å². The summed E-state index contributed by atoms with van der Waals surface area (Å²) in [4.78, 5) is 28.0. The first-order valence-corrected chi connectivity index (χ1v) is 11.9. The van der Waals surface area contributed by atoms with Gasteiger partial charge in [0, 0.05) is 44.9 Å². The number of rotatable bonds is 8. The Morgan fingerprint density at radius 2 is 1.91 bits per heavy atom. The summed E-state index contributed by atoms with van der Waals surface area (Å²) in [7, 11) is -0.752. The number of benzene rings is 2. The van der Waals surface area contributed by atoms with Gasteiger partial charge in [-0.3, -0.25) is 14.9 Å². The molecular weight excluding hydrogens is 456 g/mol. The highest BCUT2D eigenvalue weighted by molar-refractivity contribution is 7.89. The van der Waals surface area contributed by atoms with Crippen LogP contribution in [0.5, 0.6) is 0 Å². The number of sulfonamides is 1. The van der Waals surface area contributed by atoms with E-state index in [9.17, 15) is 23.3 Å². The minimum absolute atomic E-state index is 0.0497. The van der Waals surface area contributed by atoms with E-state index in [1.807, 2.05) is 6.92 Å². The highest BCUT2D eigenvalue weighted by Gasteiger charge is 2.18. The largest absolute Gasteiger partial charge is 0.380 e. The number of fused-ring (bicyclic) bond motifs is 1. The summed E-state index contributed by atoms with van der Waals surface area (Å²) in [5.41, 5.74) is 0.882. The Morgan fingerprint density at radius 1 is 1.22 bits per heavy atom. The average Bonchev–Trinajstić information content (AvgIpc) is 3.10. The monoisotopic (exact) mass is 478 g/mol. The normalized spacial score (nSPS) is 12.6. The predicted molar refractivity (Wildman–Crippen MR) is 120 cm³/mol. The van der Waals surface area contributed by atoms with Crippen molar-refractivity contribution < 1.29 is 22.9 Å². The van der Waals surface area contributed by atoms with Crippen LogP contribution in [0.1, 0.15) is 17.3 Å². The van der Waals surface area contributed by atoms with E-state index < -0.39 is 20.9 Å². The van der Waals surface area contributed by atoms with Crippen molar-refractivity contribution in [3.63, 3.8) is 0 Å². The fourth-order valence-electron chi connectivity index (χ4n) is 2.91. The van der Waals surface area contributed by atoms with Gasteiger partial charge >= 0.3 is 0 Å². The van der Waals surface area contributed by atoms with Crippen LogP contribution in [0.15, 0.2) is 52.4 Å². The number of ether oxygens (including phenoxy) is 1. The van der Waals surface area contributed by atoms with E-state index >= 15 is 0 Å². The second kappa shape index (κ2) is 9.69. The summed E-state index contributed by atoms with van der Waals surface area (Å²) in [5.74, 6) is -0.551. The highest BCUT2D eigenvalue weighted by Crippen LogP contribution is 2.23. The van der Waals surface area contributed by atoms with Crippen LogP contribution < -0.4 is 4.80 Å². The third-order valence-electron chi connectivity index (χ3n) is 4.62. The molecule has 170 valence electrons. The Balaban J connectivity index is 2.02. The second-order valence-electron chi connectivity index (χ2n) is 6.87. The lowest BCUT2D eigenvalue weighted by molar-refractivity contribution is -0.384. The SMILES string of the molecule is CCOCCn1c(=NC(=O)c2ccc(S(=O)(=O)N(C)C)cc2)sc2cc([N+](=O)[O-])ccc21. The molecule has 0 unspecified atom stereocenters. The van der Waals surface area contributed by atoms with Gasteiger partial charge in [-0.2, -0.15) is 4.99 Å². The Morgan fingerprint density at radius 3 is 2.50 bits per heavy atom. The van der Waals surface area contributed by atoms with E-state index in [2.05, 4.69) is 4.99 Å². The molecule has 3 rings (SSSR count). The molecule has 0 spiro atoms. The van der Waals surface area contributed by atoms with Gasteiger partial charge in [-0.05, 0) is 37.3 Å². The van der Waals surface area contributed by atoms with Crippen LogP contribution >= 0.6 is 11.3 Å². The van der Waals surface area contributed by atoms with Crippen molar-refractivity contribution in [2.75, 3.05) is 27.3 Å². The maximum Gasteiger partial charge on any atom is 0.279 e. The number of nitro groups is 1. The molecule has 2 aromatic carbocycles. The molecule has 0 aliphatic heterocycles. The van der Waals surface area contributed by atoms with Crippen LogP contribution in [0.25, 0.3) is 10.2 Å². The molecule has 10 nitrogen and oxygen atoms in total. The fourth-order valence-corrected chi connectivity index (χ4v) is 4.90. The maximum atomic E-state index is 12.8. The van der Waals surface area contributed by atoms with Crippen molar-refractivity contribution in [2.24, 2.45) is 4.99 Å². The van der Waals surface area contributed by atoms with Gasteiger partial charge in [-0.15, -0.1) is 0 Å². The summed E-state index contributed by atoms with van der Waals surface area (Å²) in [6.45, 7) is 3.20. The predicted octanol–water partition coefficient (Wildman–Crippen LogP) is 2.64. The molecule has 0 aliphatic carbocycles. The molecule has 0 bridgehead atoms. The molecule has 0 fully saturated rings. The number of carbonyl (C=O) groups is 1. The first kappa shape index (κ1) is 23.7. The first-order valence-electron chi connectivity index (χ1n) is 9.62. The second-order valence-corrected chi connectivity index (χ2v) is 10.0. The minimum Gasteiger partial charge on any atom is -0.380 e. The summed E-state index contributed by atoms with van der Waals surface area (Å²) in [5, 5.41) is 11.1. The van der Waals surface area contributed by atoms with E-state index in [1.54, 1.807) is 10.6 Å². The van der Waals surface area contributed by atoms with Gasteiger partial charge < -0.3 is 9.30 Å². The molecular formula is C20H22N4O6S2. The maximum absolute atomic E-state index is 12.8. The van der Waals surface area contributed by atoms with Crippen molar-refractivity contribution >= 4 is 43.2 Å². The minimum atomic E-state index is -3.61. The molecule has 12 heteroatoms.